The number of aromatic amines is 1. The van der Waals surface area contributed by atoms with Crippen molar-refractivity contribution in [3.8, 4) is 0 Å². The second-order valence-corrected chi connectivity index (χ2v) is 7.63. The van der Waals surface area contributed by atoms with Crippen molar-refractivity contribution in [3.05, 3.63) is 39.6 Å². The van der Waals surface area contributed by atoms with Crippen LogP contribution in [-0.2, 0) is 16.6 Å². The number of rotatable bonds is 6. The van der Waals surface area contributed by atoms with Gasteiger partial charge in [0.05, 0.1) is 11.9 Å². The zero-order valence-electron chi connectivity index (χ0n) is 11.7. The summed E-state index contributed by atoms with van der Waals surface area (Å²) in [4.78, 5) is 0. The number of halogens is 1. The van der Waals surface area contributed by atoms with Crippen LogP contribution in [0.5, 0.6) is 0 Å². The van der Waals surface area contributed by atoms with Crippen molar-refractivity contribution in [2.75, 3.05) is 4.72 Å². The molecule has 0 bridgehead atoms. The monoisotopic (exact) mass is 420 g/mol. The molecule has 0 fully saturated rings. The molecule has 0 radical (unpaired) electrons. The second-order valence-electron chi connectivity index (χ2n) is 4.85. The Morgan fingerprint density at radius 3 is 2.71 bits per heavy atom. The highest BCUT2D eigenvalue weighted by Crippen LogP contribution is 2.22. The van der Waals surface area contributed by atoms with E-state index in [4.69, 9.17) is 0 Å². The molecule has 1 aromatic heterocycles. The molecule has 1 aromatic carbocycles. The first-order valence-corrected chi connectivity index (χ1v) is 8.99. The van der Waals surface area contributed by atoms with Gasteiger partial charge in [-0.05, 0) is 34.7 Å². The number of hydrogen-bond donors (Lipinski definition) is 3. The summed E-state index contributed by atoms with van der Waals surface area (Å²) in [6.07, 6.45) is 1.53. The minimum Gasteiger partial charge on any atom is -0.310 e. The molecule has 2 rings (SSSR count). The fraction of sp³-hybridized carbons (Fsp3) is 0.308. The summed E-state index contributed by atoms with van der Waals surface area (Å²) < 4.78 is 28.3. The van der Waals surface area contributed by atoms with Crippen LogP contribution in [-0.4, -0.2) is 24.7 Å². The summed E-state index contributed by atoms with van der Waals surface area (Å²) >= 11 is 2.09. The Labute approximate surface area is 137 Å². The van der Waals surface area contributed by atoms with Crippen LogP contribution in [0.2, 0.25) is 0 Å². The minimum atomic E-state index is -3.68. The summed E-state index contributed by atoms with van der Waals surface area (Å²) in [5.74, 6) is 0. The van der Waals surface area contributed by atoms with Crippen LogP contribution in [0.1, 0.15) is 19.4 Å². The summed E-state index contributed by atoms with van der Waals surface area (Å²) in [6, 6.07) is 7.47. The van der Waals surface area contributed by atoms with Crippen molar-refractivity contribution in [3.63, 3.8) is 0 Å². The number of H-pyrrole nitrogens is 1. The lowest BCUT2D eigenvalue weighted by Gasteiger charge is -2.11. The average Bonchev–Trinajstić information content (AvgIpc) is 2.88. The van der Waals surface area contributed by atoms with Crippen LogP contribution in [0, 0.1) is 3.57 Å². The van der Waals surface area contributed by atoms with E-state index in [-0.39, 0.29) is 11.1 Å². The van der Waals surface area contributed by atoms with Gasteiger partial charge in [0.25, 0.3) is 10.0 Å². The fourth-order valence-corrected chi connectivity index (χ4v) is 3.63. The van der Waals surface area contributed by atoms with E-state index in [2.05, 4.69) is 42.8 Å². The Balaban J connectivity index is 2.24. The molecule has 114 valence electrons. The van der Waals surface area contributed by atoms with E-state index in [1.165, 1.54) is 6.20 Å². The van der Waals surface area contributed by atoms with Crippen LogP contribution >= 0.6 is 22.6 Å². The van der Waals surface area contributed by atoms with Crippen LogP contribution < -0.4 is 10.0 Å². The normalized spacial score (nSPS) is 11.8. The number of aromatic nitrogens is 2. The number of para-hydroxylation sites is 1. The largest absolute Gasteiger partial charge is 0.310 e. The maximum Gasteiger partial charge on any atom is 0.279 e. The maximum atomic E-state index is 12.5. The Morgan fingerprint density at radius 2 is 2.05 bits per heavy atom. The number of sulfonamides is 1. The molecule has 0 aliphatic heterocycles. The van der Waals surface area contributed by atoms with Gasteiger partial charge in [-0.1, -0.05) is 26.0 Å². The van der Waals surface area contributed by atoms with E-state index in [0.29, 0.717) is 17.8 Å². The van der Waals surface area contributed by atoms with Crippen LogP contribution in [0.4, 0.5) is 5.69 Å². The molecule has 6 nitrogen and oxygen atoms in total. The van der Waals surface area contributed by atoms with E-state index in [1.54, 1.807) is 12.1 Å². The van der Waals surface area contributed by atoms with E-state index in [9.17, 15) is 8.42 Å². The fourth-order valence-electron chi connectivity index (χ4n) is 1.71. The van der Waals surface area contributed by atoms with Crippen molar-refractivity contribution in [2.24, 2.45) is 0 Å². The van der Waals surface area contributed by atoms with Crippen molar-refractivity contribution in [1.29, 1.82) is 0 Å². The van der Waals surface area contributed by atoms with Crippen molar-refractivity contribution in [1.82, 2.24) is 15.5 Å². The lowest BCUT2D eigenvalue weighted by molar-refractivity contribution is 0.574. The number of hydrogen-bond acceptors (Lipinski definition) is 4. The van der Waals surface area contributed by atoms with Crippen LogP contribution in [0.25, 0.3) is 0 Å². The second kappa shape index (κ2) is 6.75. The third-order valence-electron chi connectivity index (χ3n) is 2.77. The quantitative estimate of drug-likeness (QED) is 0.627. The minimum absolute atomic E-state index is 0.0929. The Bertz CT molecular complexity index is 712. The van der Waals surface area contributed by atoms with Crippen molar-refractivity contribution < 1.29 is 8.42 Å². The number of nitrogens with zero attached hydrogens (tertiary/aromatic N) is 1. The molecule has 0 unspecified atom stereocenters. The third kappa shape index (κ3) is 4.17. The van der Waals surface area contributed by atoms with Crippen molar-refractivity contribution in [2.45, 2.75) is 31.5 Å². The summed E-state index contributed by atoms with van der Waals surface area (Å²) in [5.41, 5.74) is 1.16. The molecule has 1 heterocycles. The molecular formula is C13H17IN4O2S. The van der Waals surface area contributed by atoms with E-state index in [1.807, 2.05) is 26.0 Å². The lowest BCUT2D eigenvalue weighted by atomic mass is 10.3. The predicted octanol–water partition coefficient (Wildman–Crippen LogP) is 2.31. The highest BCUT2D eigenvalue weighted by Gasteiger charge is 2.21. The molecule has 0 spiro atoms. The summed E-state index contributed by atoms with van der Waals surface area (Å²) in [5, 5.41) is 9.69. The van der Waals surface area contributed by atoms with Gasteiger partial charge in [0, 0.05) is 21.7 Å². The first-order valence-electron chi connectivity index (χ1n) is 6.43. The van der Waals surface area contributed by atoms with E-state index in [0.717, 1.165) is 3.57 Å². The molecule has 0 atom stereocenters. The smallest absolute Gasteiger partial charge is 0.279 e. The molecule has 2 aromatic rings. The zero-order chi connectivity index (χ0) is 15.5. The van der Waals surface area contributed by atoms with Gasteiger partial charge in [-0.25, -0.2) is 0 Å². The summed E-state index contributed by atoms with van der Waals surface area (Å²) in [6.45, 7) is 4.44. The van der Waals surface area contributed by atoms with Gasteiger partial charge < -0.3 is 5.32 Å². The SMILES string of the molecule is CC(C)NCc1cn[nH]c1S(=O)(=O)Nc1ccccc1I. The van der Waals surface area contributed by atoms with Gasteiger partial charge in [0.15, 0.2) is 5.03 Å². The van der Waals surface area contributed by atoms with Crippen LogP contribution in [0.15, 0.2) is 35.5 Å². The van der Waals surface area contributed by atoms with Crippen molar-refractivity contribution >= 4 is 38.3 Å². The predicted molar refractivity (Wildman–Crippen MR) is 90.5 cm³/mol. The van der Waals surface area contributed by atoms with Gasteiger partial charge >= 0.3 is 0 Å². The maximum absolute atomic E-state index is 12.5. The topological polar surface area (TPSA) is 86.9 Å². The molecule has 8 heteroatoms. The average molecular weight is 420 g/mol. The molecule has 0 aliphatic carbocycles. The molecule has 0 saturated carbocycles. The number of nitrogens with one attached hydrogen (secondary N) is 3. The summed E-state index contributed by atoms with van der Waals surface area (Å²) in [7, 11) is -3.68. The highest BCUT2D eigenvalue weighted by molar-refractivity contribution is 14.1. The van der Waals surface area contributed by atoms with Gasteiger partial charge in [0.1, 0.15) is 0 Å². The lowest BCUT2D eigenvalue weighted by Crippen LogP contribution is -2.23. The molecule has 0 amide bonds. The van der Waals surface area contributed by atoms with Gasteiger partial charge in [0.2, 0.25) is 0 Å². The molecule has 3 N–H and O–H groups in total. The first kappa shape index (κ1) is 16.2. The van der Waals surface area contributed by atoms with Crippen LogP contribution in [0.3, 0.4) is 0 Å². The molecule has 0 aliphatic rings. The van der Waals surface area contributed by atoms with E-state index < -0.39 is 10.0 Å². The van der Waals surface area contributed by atoms with E-state index >= 15 is 0 Å². The highest BCUT2D eigenvalue weighted by atomic mass is 127. The number of anilines is 1. The first-order chi connectivity index (χ1) is 9.90. The number of benzene rings is 1. The molecular weight excluding hydrogens is 403 g/mol. The zero-order valence-corrected chi connectivity index (χ0v) is 14.7. The molecule has 21 heavy (non-hydrogen) atoms. The third-order valence-corrected chi connectivity index (χ3v) is 5.09. The Hall–Kier alpha value is -1.13. The van der Waals surface area contributed by atoms with Gasteiger partial charge in [-0.3, -0.25) is 9.82 Å². The van der Waals surface area contributed by atoms with Gasteiger partial charge in [-0.15, -0.1) is 0 Å². The Morgan fingerprint density at radius 1 is 1.33 bits per heavy atom. The molecule has 0 saturated heterocycles. The Kier molecular flexibility index (Phi) is 5.22. The standard InChI is InChI=1S/C13H17IN4O2S/c1-9(2)15-7-10-8-16-17-13(10)21(19,20)18-12-6-4-3-5-11(12)14/h3-6,8-9,15,18H,7H2,1-2H3,(H,16,17). The van der Waals surface area contributed by atoms with Gasteiger partial charge in [-0.2, -0.15) is 13.5 Å².